The van der Waals surface area contributed by atoms with Crippen molar-refractivity contribution in [3.63, 3.8) is 0 Å². The lowest BCUT2D eigenvalue weighted by molar-refractivity contribution is 1.14. The van der Waals surface area contributed by atoms with Gasteiger partial charge < -0.3 is 14.4 Å². The molecule has 2 aromatic heterocycles. The molecule has 0 radical (unpaired) electrons. The van der Waals surface area contributed by atoms with E-state index < -0.39 is 0 Å². The van der Waals surface area contributed by atoms with E-state index in [-0.39, 0.29) is 0 Å². The van der Waals surface area contributed by atoms with Crippen molar-refractivity contribution in [3.8, 4) is 50.5 Å². The monoisotopic (exact) mass is 911 g/mol. The van der Waals surface area contributed by atoms with Gasteiger partial charge >= 0.3 is 0 Å². The van der Waals surface area contributed by atoms with Crippen molar-refractivity contribution in [3.05, 3.63) is 272 Å². The molecule has 5 nitrogen and oxygen atoms in total. The smallest absolute Gasteiger partial charge is 0.159 e. The van der Waals surface area contributed by atoms with Crippen LogP contribution in [-0.4, -0.2) is 14.5 Å². The molecule has 0 aliphatic heterocycles. The lowest BCUT2D eigenvalue weighted by atomic mass is 9.98. The quantitative estimate of drug-likeness (QED) is 0.130. The predicted molar refractivity (Wildman–Crippen MR) is 297 cm³/mol. The Labute approximate surface area is 414 Å². The van der Waals surface area contributed by atoms with Crippen molar-refractivity contribution < 1.29 is 0 Å². The highest BCUT2D eigenvalue weighted by atomic mass is 15.1. The van der Waals surface area contributed by atoms with Gasteiger partial charge in [0.25, 0.3) is 0 Å². The molecule has 0 aliphatic rings. The van der Waals surface area contributed by atoms with Crippen LogP contribution in [0.15, 0.2) is 261 Å². The summed E-state index contributed by atoms with van der Waals surface area (Å²) in [6.07, 6.45) is 3.89. The Kier molecular flexibility index (Phi) is 11.3. The second-order valence-corrected chi connectivity index (χ2v) is 18.0. The molecule has 0 amide bonds. The molecule has 12 rings (SSSR count). The van der Waals surface area contributed by atoms with Gasteiger partial charge in [0.1, 0.15) is 0 Å². The summed E-state index contributed by atoms with van der Waals surface area (Å²) in [4.78, 5) is 14.2. The van der Waals surface area contributed by atoms with Gasteiger partial charge in [-0.05, 0) is 162 Å². The first-order valence-electron chi connectivity index (χ1n) is 24.1. The first-order valence-corrected chi connectivity index (χ1v) is 24.1. The van der Waals surface area contributed by atoms with E-state index in [1.165, 1.54) is 16.3 Å². The fourth-order valence-electron chi connectivity index (χ4n) is 10.0. The molecule has 0 spiro atoms. The normalized spacial score (nSPS) is 11.2. The molecule has 0 N–H and O–H groups in total. The van der Waals surface area contributed by atoms with Gasteiger partial charge in [-0.2, -0.15) is 0 Å². The Morgan fingerprint density at radius 3 is 1.08 bits per heavy atom. The maximum atomic E-state index is 4.78. The van der Waals surface area contributed by atoms with Crippen molar-refractivity contribution in [2.75, 3.05) is 9.80 Å². The average molecular weight is 912 g/mol. The molecule has 0 unspecified atom stereocenters. The van der Waals surface area contributed by atoms with Gasteiger partial charge in [-0.3, -0.25) is 0 Å². The van der Waals surface area contributed by atoms with Crippen molar-refractivity contribution >= 4 is 55.9 Å². The number of hydrogen-bond acceptors (Lipinski definition) is 4. The largest absolute Gasteiger partial charge is 0.311 e. The summed E-state index contributed by atoms with van der Waals surface area (Å²) in [5.41, 5.74) is 20.2. The van der Waals surface area contributed by atoms with E-state index in [2.05, 4.69) is 247 Å². The van der Waals surface area contributed by atoms with E-state index in [0.717, 1.165) is 101 Å². The van der Waals surface area contributed by atoms with Crippen molar-refractivity contribution in [2.24, 2.45) is 0 Å². The fraction of sp³-hybridized carbons (Fsp3) is 0.0303. The third-order valence-corrected chi connectivity index (χ3v) is 13.5. The number of fused-ring (bicyclic) bond motifs is 3. The lowest BCUT2D eigenvalue weighted by Gasteiger charge is -2.25. The molecule has 338 valence electrons. The van der Waals surface area contributed by atoms with Crippen LogP contribution in [0, 0.1) is 13.8 Å². The molecule has 0 fully saturated rings. The van der Waals surface area contributed by atoms with Gasteiger partial charge in [0.05, 0.1) is 11.0 Å². The Bertz CT molecular complexity index is 3520. The van der Waals surface area contributed by atoms with Crippen molar-refractivity contribution in [1.82, 2.24) is 14.5 Å². The molecule has 2 heterocycles. The molecule has 10 aromatic carbocycles. The summed E-state index contributed by atoms with van der Waals surface area (Å²) >= 11 is 0. The molecular weight excluding hydrogens is 863 g/mol. The molecule has 0 aliphatic carbocycles. The standard InChI is InChI=1S/C66H49N5/c1-46-41-65(47(2)40-60(46)53-44-67-66(68-45-53)50-18-8-3-9-19-50)71-63-38-32-51(48-28-34-58(35-29-48)69(54-20-10-4-11-21-54)55-22-12-5-13-23-55)42-61(63)62-43-52(33-39-64(62)71)49-30-36-59(37-31-49)70(56-24-14-6-15-25-56)57-26-16-7-17-27-57/h3-45H,1-2H3. The van der Waals surface area contributed by atoms with Crippen LogP contribution in [0.25, 0.3) is 72.3 Å². The summed E-state index contributed by atoms with van der Waals surface area (Å²) in [5, 5.41) is 2.39. The van der Waals surface area contributed by atoms with Crippen LogP contribution in [0.3, 0.4) is 0 Å². The molecule has 0 saturated carbocycles. The molecule has 71 heavy (non-hydrogen) atoms. The van der Waals surface area contributed by atoms with E-state index in [1.807, 2.05) is 42.7 Å². The number of hydrogen-bond donors (Lipinski definition) is 0. The average Bonchev–Trinajstić information content (AvgIpc) is 3.76. The Morgan fingerprint density at radius 1 is 0.310 bits per heavy atom. The van der Waals surface area contributed by atoms with Gasteiger partial charge in [0.15, 0.2) is 5.82 Å². The highest BCUT2D eigenvalue weighted by Crippen LogP contribution is 2.42. The minimum absolute atomic E-state index is 0.721. The first kappa shape index (κ1) is 43.0. The summed E-state index contributed by atoms with van der Waals surface area (Å²) in [6, 6.07) is 88.8. The number of nitrogens with zero attached hydrogens (tertiary/aromatic N) is 5. The van der Waals surface area contributed by atoms with Gasteiger partial charge in [0.2, 0.25) is 0 Å². The molecule has 0 atom stereocenters. The zero-order chi connectivity index (χ0) is 47.7. The van der Waals surface area contributed by atoms with E-state index in [1.54, 1.807) is 0 Å². The highest BCUT2D eigenvalue weighted by molar-refractivity contribution is 6.12. The van der Waals surface area contributed by atoms with Crippen molar-refractivity contribution in [1.29, 1.82) is 0 Å². The van der Waals surface area contributed by atoms with Gasteiger partial charge in [-0.25, -0.2) is 9.97 Å². The second-order valence-electron chi connectivity index (χ2n) is 18.0. The van der Waals surface area contributed by atoms with E-state index in [4.69, 9.17) is 9.97 Å². The molecule has 0 saturated heterocycles. The summed E-state index contributed by atoms with van der Waals surface area (Å²) < 4.78 is 2.45. The number of aryl methyl sites for hydroxylation is 2. The maximum absolute atomic E-state index is 4.78. The summed E-state index contributed by atoms with van der Waals surface area (Å²) in [7, 11) is 0. The Hall–Kier alpha value is -9.32. The van der Waals surface area contributed by atoms with Crippen LogP contribution in [0.5, 0.6) is 0 Å². The van der Waals surface area contributed by atoms with Crippen LogP contribution in [0.1, 0.15) is 11.1 Å². The minimum atomic E-state index is 0.721. The number of para-hydroxylation sites is 4. The number of rotatable bonds is 11. The van der Waals surface area contributed by atoms with Crippen LogP contribution < -0.4 is 9.80 Å². The third-order valence-electron chi connectivity index (χ3n) is 13.5. The lowest BCUT2D eigenvalue weighted by Crippen LogP contribution is -2.09. The number of aromatic nitrogens is 3. The third kappa shape index (κ3) is 8.30. The van der Waals surface area contributed by atoms with Gasteiger partial charge in [-0.1, -0.05) is 140 Å². The summed E-state index contributed by atoms with van der Waals surface area (Å²) in [6.45, 7) is 4.40. The fourth-order valence-corrected chi connectivity index (χ4v) is 10.0. The summed E-state index contributed by atoms with van der Waals surface area (Å²) in [5.74, 6) is 0.721. The Balaban J connectivity index is 0.960. The molecule has 5 heteroatoms. The van der Waals surface area contributed by atoms with Gasteiger partial charge in [0, 0.05) is 74.1 Å². The molecule has 0 bridgehead atoms. The maximum Gasteiger partial charge on any atom is 0.159 e. The number of anilines is 6. The van der Waals surface area contributed by atoms with E-state index in [0.29, 0.717) is 0 Å². The second kappa shape index (κ2) is 18.6. The van der Waals surface area contributed by atoms with Crippen LogP contribution in [0.4, 0.5) is 34.1 Å². The van der Waals surface area contributed by atoms with E-state index >= 15 is 0 Å². The van der Waals surface area contributed by atoms with Crippen molar-refractivity contribution in [2.45, 2.75) is 13.8 Å². The SMILES string of the molecule is Cc1cc(-n2c3ccc(-c4ccc(N(c5ccccc5)c5ccccc5)cc4)cc3c3cc(-c4ccc(N(c5ccccc5)c5ccccc5)cc4)ccc32)c(C)cc1-c1cnc(-c2ccccc2)nc1. The minimum Gasteiger partial charge on any atom is -0.311 e. The molecule has 12 aromatic rings. The zero-order valence-electron chi connectivity index (χ0n) is 39.6. The highest BCUT2D eigenvalue weighted by Gasteiger charge is 2.20. The predicted octanol–water partition coefficient (Wildman–Crippen LogP) is 17.8. The topological polar surface area (TPSA) is 37.2 Å². The number of benzene rings is 10. The van der Waals surface area contributed by atoms with Crippen LogP contribution in [0.2, 0.25) is 0 Å². The van der Waals surface area contributed by atoms with Crippen LogP contribution in [-0.2, 0) is 0 Å². The molecular formula is C66H49N5. The zero-order valence-corrected chi connectivity index (χ0v) is 39.6. The Morgan fingerprint density at radius 2 is 0.676 bits per heavy atom. The van der Waals surface area contributed by atoms with Gasteiger partial charge in [-0.15, -0.1) is 0 Å². The van der Waals surface area contributed by atoms with E-state index in [9.17, 15) is 0 Å². The van der Waals surface area contributed by atoms with Crippen LogP contribution >= 0.6 is 0 Å². The first-order chi connectivity index (χ1) is 35.0.